The van der Waals surface area contributed by atoms with Crippen molar-refractivity contribution in [1.82, 2.24) is 9.88 Å². The van der Waals surface area contributed by atoms with Crippen LogP contribution in [-0.2, 0) is 6.54 Å². The summed E-state index contributed by atoms with van der Waals surface area (Å²) in [4.78, 5) is 17.5. The van der Waals surface area contributed by atoms with E-state index in [1.165, 1.54) is 11.6 Å². The van der Waals surface area contributed by atoms with Crippen molar-refractivity contribution in [2.24, 2.45) is 0 Å². The molecule has 4 rings (SSSR count). The Hall–Kier alpha value is -3.13. The van der Waals surface area contributed by atoms with Crippen molar-refractivity contribution in [3.05, 3.63) is 57.6 Å². The zero-order valence-corrected chi connectivity index (χ0v) is 17.3. The van der Waals surface area contributed by atoms with E-state index in [-0.39, 0.29) is 17.2 Å². The molecule has 1 N–H and O–H groups in total. The minimum absolute atomic E-state index is 0.0383. The van der Waals surface area contributed by atoms with Gasteiger partial charge >= 0.3 is 0 Å². The Morgan fingerprint density at radius 3 is 2.83 bits per heavy atom. The van der Waals surface area contributed by atoms with Crippen molar-refractivity contribution in [1.29, 1.82) is 0 Å². The molecule has 8 nitrogen and oxygen atoms in total. The zero-order chi connectivity index (χ0) is 21.1. The van der Waals surface area contributed by atoms with E-state index in [1.54, 1.807) is 12.1 Å². The molecule has 0 radical (unpaired) electrons. The monoisotopic (exact) mass is 410 g/mol. The Balaban J connectivity index is 1.35. The molecule has 0 amide bonds. The third kappa shape index (κ3) is 4.38. The highest BCUT2D eigenvalue weighted by molar-refractivity contribution is 5.84. The molecular weight excluding hydrogens is 384 g/mol. The number of benzene rings is 2. The Bertz CT molecular complexity index is 1040. The summed E-state index contributed by atoms with van der Waals surface area (Å²) in [6.07, 6.45) is 1.90. The highest BCUT2D eigenvalue weighted by Gasteiger charge is 2.23. The van der Waals surface area contributed by atoms with Gasteiger partial charge in [-0.2, -0.15) is 4.98 Å². The molecule has 8 heteroatoms. The first kappa shape index (κ1) is 20.2. The fourth-order valence-electron chi connectivity index (χ4n) is 3.87. The first-order chi connectivity index (χ1) is 14.5. The molecule has 0 bridgehead atoms. The van der Waals surface area contributed by atoms with Gasteiger partial charge in [-0.25, -0.2) is 0 Å². The first-order valence-corrected chi connectivity index (χ1v) is 10.3. The maximum absolute atomic E-state index is 11.2. The molecule has 0 unspecified atom stereocenters. The molecule has 3 aromatic rings. The van der Waals surface area contributed by atoms with Crippen molar-refractivity contribution in [3.63, 3.8) is 0 Å². The van der Waals surface area contributed by atoms with Gasteiger partial charge in [-0.1, -0.05) is 18.2 Å². The molecule has 0 saturated carbocycles. The summed E-state index contributed by atoms with van der Waals surface area (Å²) in [5, 5.41) is 14.5. The van der Waals surface area contributed by atoms with Gasteiger partial charge in [0, 0.05) is 31.7 Å². The van der Waals surface area contributed by atoms with Crippen LogP contribution in [0.15, 0.2) is 40.8 Å². The average molecular weight is 410 g/mol. The topological polar surface area (TPSA) is 93.7 Å². The number of aryl methyl sites for hydroxylation is 1. The number of aromatic nitrogens is 1. The average Bonchev–Trinajstić information content (AvgIpc) is 3.14. The largest absolute Gasteiger partial charge is 0.494 e. The van der Waals surface area contributed by atoms with Crippen LogP contribution in [0.5, 0.6) is 5.75 Å². The summed E-state index contributed by atoms with van der Waals surface area (Å²) in [6, 6.07) is 11.7. The predicted octanol–water partition coefficient (Wildman–Crippen LogP) is 4.52. The lowest BCUT2D eigenvalue weighted by Gasteiger charge is -2.32. The normalized spacial score (nSPS) is 15.4. The van der Waals surface area contributed by atoms with E-state index >= 15 is 0 Å². The number of ether oxygens (including phenoxy) is 1. The van der Waals surface area contributed by atoms with E-state index < -0.39 is 4.92 Å². The third-order valence-electron chi connectivity index (χ3n) is 5.47. The van der Waals surface area contributed by atoms with Crippen molar-refractivity contribution in [3.8, 4) is 5.75 Å². The van der Waals surface area contributed by atoms with Gasteiger partial charge in [0.1, 0.15) is 5.75 Å². The molecule has 1 fully saturated rings. The van der Waals surface area contributed by atoms with Crippen LogP contribution >= 0.6 is 0 Å². The van der Waals surface area contributed by atoms with Gasteiger partial charge < -0.3 is 14.5 Å². The summed E-state index contributed by atoms with van der Waals surface area (Å²) < 4.78 is 11.4. The van der Waals surface area contributed by atoms with Gasteiger partial charge in [0.15, 0.2) is 11.1 Å². The second-order valence-electron chi connectivity index (χ2n) is 7.63. The standard InChI is InChI=1S/C22H26N4O4/c1-3-29-20-13-16(8-7-15(20)2)14-25-11-9-17(10-12-25)23-22-24-21-18(26(27)28)5-4-6-19(21)30-22/h4-8,13,17H,3,9-12,14H2,1-2H3,(H,23,24). The van der Waals surface area contributed by atoms with Gasteiger partial charge in [-0.15, -0.1) is 0 Å². The number of oxazole rings is 1. The van der Waals surface area contributed by atoms with Gasteiger partial charge in [0.05, 0.1) is 11.5 Å². The number of para-hydroxylation sites is 1. The number of nitro groups is 1. The number of piperidine rings is 1. The minimum Gasteiger partial charge on any atom is -0.494 e. The Kier molecular flexibility index (Phi) is 5.85. The molecule has 0 spiro atoms. The highest BCUT2D eigenvalue weighted by atomic mass is 16.6. The number of nitrogens with zero attached hydrogens (tertiary/aromatic N) is 3. The zero-order valence-electron chi connectivity index (χ0n) is 17.3. The number of hydrogen-bond acceptors (Lipinski definition) is 7. The number of anilines is 1. The molecule has 0 aliphatic carbocycles. The second kappa shape index (κ2) is 8.71. The molecule has 2 heterocycles. The number of rotatable bonds is 7. The molecule has 2 aromatic carbocycles. The number of non-ortho nitro benzene ring substituents is 1. The van der Waals surface area contributed by atoms with Gasteiger partial charge in [-0.3, -0.25) is 15.0 Å². The van der Waals surface area contributed by atoms with Crippen molar-refractivity contribution in [2.45, 2.75) is 39.3 Å². The Labute approximate surface area is 175 Å². The van der Waals surface area contributed by atoms with Gasteiger partial charge in [0.25, 0.3) is 11.7 Å². The summed E-state index contributed by atoms with van der Waals surface area (Å²) in [7, 11) is 0. The smallest absolute Gasteiger partial charge is 0.298 e. The molecule has 1 aromatic heterocycles. The number of nitrogens with one attached hydrogen (secondary N) is 1. The fraction of sp³-hybridized carbons (Fsp3) is 0.409. The number of nitro benzene ring substituents is 1. The van der Waals surface area contributed by atoms with E-state index in [0.717, 1.165) is 43.8 Å². The van der Waals surface area contributed by atoms with Crippen molar-refractivity contribution < 1.29 is 14.1 Å². The van der Waals surface area contributed by atoms with E-state index in [4.69, 9.17) is 9.15 Å². The Morgan fingerprint density at radius 1 is 1.30 bits per heavy atom. The molecule has 158 valence electrons. The van der Waals surface area contributed by atoms with Gasteiger partial charge in [0.2, 0.25) is 0 Å². The van der Waals surface area contributed by atoms with E-state index in [2.05, 4.69) is 40.3 Å². The lowest BCUT2D eigenvalue weighted by molar-refractivity contribution is -0.383. The lowest BCUT2D eigenvalue weighted by Crippen LogP contribution is -2.38. The van der Waals surface area contributed by atoms with Crippen molar-refractivity contribution in [2.75, 3.05) is 25.0 Å². The van der Waals surface area contributed by atoms with Crippen LogP contribution < -0.4 is 10.1 Å². The van der Waals surface area contributed by atoms with E-state index in [0.29, 0.717) is 18.2 Å². The van der Waals surface area contributed by atoms with Gasteiger partial charge in [-0.05, 0) is 49.9 Å². The van der Waals surface area contributed by atoms with Crippen LogP contribution in [0.2, 0.25) is 0 Å². The van der Waals surface area contributed by atoms with Crippen LogP contribution in [0, 0.1) is 17.0 Å². The number of hydrogen-bond donors (Lipinski definition) is 1. The molecule has 0 atom stereocenters. The van der Waals surface area contributed by atoms with Crippen LogP contribution in [0.3, 0.4) is 0 Å². The SMILES string of the molecule is CCOc1cc(CN2CCC(Nc3nc4c([N+](=O)[O-])cccc4o3)CC2)ccc1C. The molecule has 30 heavy (non-hydrogen) atoms. The van der Waals surface area contributed by atoms with E-state index in [9.17, 15) is 10.1 Å². The van der Waals surface area contributed by atoms with E-state index in [1.807, 2.05) is 6.92 Å². The van der Waals surface area contributed by atoms with Crippen LogP contribution in [0.1, 0.15) is 30.9 Å². The lowest BCUT2D eigenvalue weighted by atomic mass is 10.0. The summed E-state index contributed by atoms with van der Waals surface area (Å²) in [5.74, 6) is 0.955. The summed E-state index contributed by atoms with van der Waals surface area (Å²) in [5.41, 5.74) is 3.08. The molecule has 1 aliphatic heterocycles. The number of fused-ring (bicyclic) bond motifs is 1. The maximum Gasteiger partial charge on any atom is 0.298 e. The molecular formula is C22H26N4O4. The first-order valence-electron chi connectivity index (χ1n) is 10.3. The van der Waals surface area contributed by atoms with Crippen LogP contribution in [-0.4, -0.2) is 40.5 Å². The predicted molar refractivity (Wildman–Crippen MR) is 115 cm³/mol. The summed E-state index contributed by atoms with van der Waals surface area (Å²) in [6.45, 7) is 7.53. The third-order valence-corrected chi connectivity index (χ3v) is 5.47. The van der Waals surface area contributed by atoms with Crippen molar-refractivity contribution >= 4 is 22.8 Å². The minimum atomic E-state index is -0.435. The second-order valence-corrected chi connectivity index (χ2v) is 7.63. The maximum atomic E-state index is 11.2. The highest BCUT2D eigenvalue weighted by Crippen LogP contribution is 2.28. The van der Waals surface area contributed by atoms with Crippen LogP contribution in [0.25, 0.3) is 11.1 Å². The Morgan fingerprint density at radius 2 is 2.10 bits per heavy atom. The molecule has 1 aliphatic rings. The number of likely N-dealkylation sites (tertiary alicyclic amines) is 1. The fourth-order valence-corrected chi connectivity index (χ4v) is 3.87. The summed E-state index contributed by atoms with van der Waals surface area (Å²) >= 11 is 0. The molecule has 1 saturated heterocycles. The quantitative estimate of drug-likeness (QED) is 0.452. The van der Waals surface area contributed by atoms with Crippen LogP contribution in [0.4, 0.5) is 11.7 Å².